The van der Waals surface area contributed by atoms with Crippen molar-refractivity contribution in [2.45, 2.75) is 29.2 Å². The number of aliphatic hydroxyl groups is 1. The average Bonchev–Trinajstić information content (AvgIpc) is 2.15. The Morgan fingerprint density at radius 2 is 2.00 bits per heavy atom. The highest BCUT2D eigenvalue weighted by molar-refractivity contribution is 9.10. The lowest BCUT2D eigenvalue weighted by Gasteiger charge is -2.11. The Morgan fingerprint density at radius 3 is 2.47 bits per heavy atom. The van der Waals surface area contributed by atoms with E-state index in [4.69, 9.17) is 0 Å². The maximum atomic E-state index is 9.36. The molecule has 0 radical (unpaired) electrons. The summed E-state index contributed by atoms with van der Waals surface area (Å²) in [5, 5.41) is 9.36. The second-order valence-electron chi connectivity index (χ2n) is 3.37. The molecule has 15 heavy (non-hydrogen) atoms. The molecular formula is C11H15BrOS2. The van der Waals surface area contributed by atoms with Crippen molar-refractivity contribution >= 4 is 39.5 Å². The van der Waals surface area contributed by atoms with Crippen LogP contribution < -0.4 is 0 Å². The molecule has 0 spiro atoms. The molecule has 0 heterocycles. The zero-order valence-electron chi connectivity index (χ0n) is 9.08. The minimum atomic E-state index is -0.285. The molecule has 0 bridgehead atoms. The third kappa shape index (κ3) is 3.70. The number of hydrogen-bond donors (Lipinski definition) is 1. The standard InChI is InChI=1S/C11H15BrOS2/c1-7(13)4-8-5-9(12)11(15-3)10(6-8)14-2/h5-7,13H,4H2,1-3H3. The van der Waals surface area contributed by atoms with Crippen molar-refractivity contribution < 1.29 is 5.11 Å². The second-order valence-corrected chi connectivity index (χ2v) is 5.89. The van der Waals surface area contributed by atoms with E-state index in [2.05, 4.69) is 40.6 Å². The van der Waals surface area contributed by atoms with E-state index in [-0.39, 0.29) is 6.10 Å². The molecule has 1 aromatic rings. The van der Waals surface area contributed by atoms with Gasteiger partial charge in [-0.3, -0.25) is 0 Å². The fraction of sp³-hybridized carbons (Fsp3) is 0.455. The smallest absolute Gasteiger partial charge is 0.0552 e. The first-order chi connectivity index (χ1) is 7.08. The monoisotopic (exact) mass is 306 g/mol. The van der Waals surface area contributed by atoms with Gasteiger partial charge >= 0.3 is 0 Å². The zero-order chi connectivity index (χ0) is 11.4. The van der Waals surface area contributed by atoms with Crippen molar-refractivity contribution in [1.29, 1.82) is 0 Å². The quantitative estimate of drug-likeness (QED) is 0.854. The first-order valence-electron chi connectivity index (χ1n) is 4.67. The number of thioether (sulfide) groups is 2. The number of benzene rings is 1. The summed E-state index contributed by atoms with van der Waals surface area (Å²) in [6.45, 7) is 1.81. The van der Waals surface area contributed by atoms with Gasteiger partial charge in [-0.05, 0) is 59.5 Å². The van der Waals surface area contributed by atoms with Crippen LogP contribution in [0.25, 0.3) is 0 Å². The van der Waals surface area contributed by atoms with Gasteiger partial charge < -0.3 is 5.11 Å². The average molecular weight is 307 g/mol. The lowest BCUT2D eigenvalue weighted by Crippen LogP contribution is -2.04. The molecule has 0 fully saturated rings. The third-order valence-electron chi connectivity index (χ3n) is 2.02. The van der Waals surface area contributed by atoms with Crippen LogP contribution in [0.4, 0.5) is 0 Å². The highest BCUT2D eigenvalue weighted by Gasteiger charge is 2.09. The molecule has 0 aliphatic carbocycles. The highest BCUT2D eigenvalue weighted by Crippen LogP contribution is 2.36. The summed E-state index contributed by atoms with van der Waals surface area (Å²) in [4.78, 5) is 2.55. The summed E-state index contributed by atoms with van der Waals surface area (Å²) < 4.78 is 1.12. The molecule has 0 saturated carbocycles. The van der Waals surface area contributed by atoms with E-state index in [1.807, 2.05) is 6.92 Å². The summed E-state index contributed by atoms with van der Waals surface area (Å²) in [6, 6.07) is 4.26. The topological polar surface area (TPSA) is 20.2 Å². The van der Waals surface area contributed by atoms with Crippen molar-refractivity contribution in [3.05, 3.63) is 22.2 Å². The van der Waals surface area contributed by atoms with Crippen molar-refractivity contribution in [2.24, 2.45) is 0 Å². The van der Waals surface area contributed by atoms with Crippen molar-refractivity contribution in [2.75, 3.05) is 12.5 Å². The Labute approximate surface area is 108 Å². The van der Waals surface area contributed by atoms with Gasteiger partial charge in [0.2, 0.25) is 0 Å². The molecule has 1 N–H and O–H groups in total. The summed E-state index contributed by atoms with van der Waals surface area (Å²) in [7, 11) is 0. The van der Waals surface area contributed by atoms with Gasteiger partial charge in [0.05, 0.1) is 6.10 Å². The molecule has 4 heteroatoms. The first-order valence-corrected chi connectivity index (χ1v) is 7.91. The molecule has 1 atom stereocenters. The molecular weight excluding hydrogens is 292 g/mol. The first kappa shape index (κ1) is 13.4. The number of halogens is 1. The lowest BCUT2D eigenvalue weighted by molar-refractivity contribution is 0.195. The predicted octanol–water partition coefficient (Wildman–Crippen LogP) is 3.82. The Hall–Kier alpha value is 0.360. The molecule has 0 aliphatic heterocycles. The van der Waals surface area contributed by atoms with Gasteiger partial charge in [0.25, 0.3) is 0 Å². The summed E-state index contributed by atoms with van der Waals surface area (Å²) in [6.07, 6.45) is 4.58. The molecule has 1 nitrogen and oxygen atoms in total. The van der Waals surface area contributed by atoms with Crippen LogP contribution in [-0.2, 0) is 6.42 Å². The summed E-state index contributed by atoms with van der Waals surface area (Å²) in [5.41, 5.74) is 1.18. The lowest BCUT2D eigenvalue weighted by atomic mass is 10.1. The van der Waals surface area contributed by atoms with Gasteiger partial charge in [-0.15, -0.1) is 23.5 Å². The zero-order valence-corrected chi connectivity index (χ0v) is 12.3. The normalized spacial score (nSPS) is 12.9. The largest absolute Gasteiger partial charge is 0.393 e. The van der Waals surface area contributed by atoms with E-state index in [0.29, 0.717) is 6.42 Å². The minimum Gasteiger partial charge on any atom is -0.393 e. The molecule has 0 saturated heterocycles. The third-order valence-corrected chi connectivity index (χ3v) is 4.65. The molecule has 1 aromatic carbocycles. The van der Waals surface area contributed by atoms with E-state index in [9.17, 15) is 5.11 Å². The van der Waals surface area contributed by atoms with Gasteiger partial charge in [0, 0.05) is 14.3 Å². The Balaban J connectivity index is 3.08. The van der Waals surface area contributed by atoms with Gasteiger partial charge in [0.1, 0.15) is 0 Å². The molecule has 0 amide bonds. The Morgan fingerprint density at radius 1 is 1.33 bits per heavy atom. The van der Waals surface area contributed by atoms with E-state index < -0.39 is 0 Å². The van der Waals surface area contributed by atoms with E-state index >= 15 is 0 Å². The van der Waals surface area contributed by atoms with Crippen LogP contribution >= 0.6 is 39.5 Å². The maximum Gasteiger partial charge on any atom is 0.0552 e. The van der Waals surface area contributed by atoms with Crippen LogP contribution in [0.1, 0.15) is 12.5 Å². The van der Waals surface area contributed by atoms with Gasteiger partial charge in [-0.25, -0.2) is 0 Å². The van der Waals surface area contributed by atoms with Gasteiger partial charge in [0.15, 0.2) is 0 Å². The van der Waals surface area contributed by atoms with E-state index in [1.54, 1.807) is 23.5 Å². The molecule has 84 valence electrons. The van der Waals surface area contributed by atoms with Crippen LogP contribution in [0, 0.1) is 0 Å². The van der Waals surface area contributed by atoms with Crippen LogP contribution in [0.15, 0.2) is 26.4 Å². The highest BCUT2D eigenvalue weighted by atomic mass is 79.9. The fourth-order valence-electron chi connectivity index (χ4n) is 1.43. The SMILES string of the molecule is CSc1cc(CC(C)O)cc(Br)c1SC. The van der Waals surface area contributed by atoms with Gasteiger partial charge in [-0.2, -0.15) is 0 Å². The summed E-state index contributed by atoms with van der Waals surface area (Å²) in [5.74, 6) is 0. The van der Waals surface area contributed by atoms with Crippen molar-refractivity contribution in [3.8, 4) is 0 Å². The Kier molecular flexibility index (Phi) is 5.53. The van der Waals surface area contributed by atoms with Crippen LogP contribution in [-0.4, -0.2) is 23.7 Å². The van der Waals surface area contributed by atoms with Gasteiger partial charge in [-0.1, -0.05) is 0 Å². The minimum absolute atomic E-state index is 0.285. The number of hydrogen-bond acceptors (Lipinski definition) is 3. The summed E-state index contributed by atoms with van der Waals surface area (Å²) >= 11 is 7.06. The predicted molar refractivity (Wildman–Crippen MR) is 73.1 cm³/mol. The van der Waals surface area contributed by atoms with Crippen LogP contribution in [0.5, 0.6) is 0 Å². The number of rotatable bonds is 4. The maximum absolute atomic E-state index is 9.36. The molecule has 1 unspecified atom stereocenters. The fourth-order valence-corrected chi connectivity index (χ4v) is 4.13. The van der Waals surface area contributed by atoms with Crippen molar-refractivity contribution in [3.63, 3.8) is 0 Å². The molecule has 0 aliphatic rings. The van der Waals surface area contributed by atoms with Crippen molar-refractivity contribution in [1.82, 2.24) is 0 Å². The van der Waals surface area contributed by atoms with E-state index in [1.165, 1.54) is 15.4 Å². The van der Waals surface area contributed by atoms with Crippen LogP contribution in [0.2, 0.25) is 0 Å². The molecule has 0 aromatic heterocycles. The number of aliphatic hydroxyl groups excluding tert-OH is 1. The second kappa shape index (κ2) is 6.18. The Bertz CT molecular complexity index is 340. The molecule has 1 rings (SSSR count). The van der Waals surface area contributed by atoms with Crippen LogP contribution in [0.3, 0.4) is 0 Å². The van der Waals surface area contributed by atoms with E-state index in [0.717, 1.165) is 4.47 Å².